The highest BCUT2D eigenvalue weighted by Crippen LogP contribution is 2.36. The number of aliphatic carboxylic acids is 2. The van der Waals surface area contributed by atoms with Crippen molar-refractivity contribution in [2.24, 2.45) is 0 Å². The summed E-state index contributed by atoms with van der Waals surface area (Å²) in [7, 11) is 0. The van der Waals surface area contributed by atoms with E-state index in [9.17, 15) is 14.7 Å². The van der Waals surface area contributed by atoms with E-state index in [1.54, 1.807) is 46.4 Å². The van der Waals surface area contributed by atoms with Gasteiger partial charge in [-0.15, -0.1) is 0 Å². The number of nitrogens with zero attached hydrogens (tertiary/aromatic N) is 4. The SMILES string of the molecule is O=C(O)CO[C@@H]1CCN(c2cc(-n3ccnc3)c3ccc(Cl)c(Cl)c3n2)[C@@H]1C(=O)O. The molecule has 2 aromatic heterocycles. The Morgan fingerprint density at radius 1 is 1.27 bits per heavy atom. The first-order chi connectivity index (χ1) is 14.4. The van der Waals surface area contributed by atoms with Crippen molar-refractivity contribution in [2.45, 2.75) is 18.6 Å². The third kappa shape index (κ3) is 3.67. The predicted octanol–water partition coefficient (Wildman–Crippen LogP) is 2.86. The van der Waals surface area contributed by atoms with Crippen LogP contribution in [-0.2, 0) is 14.3 Å². The molecule has 3 aromatic rings. The fourth-order valence-corrected chi connectivity index (χ4v) is 3.99. The van der Waals surface area contributed by atoms with E-state index in [0.29, 0.717) is 35.0 Å². The largest absolute Gasteiger partial charge is 0.480 e. The number of carbonyl (C=O) groups is 2. The highest BCUT2D eigenvalue weighted by Gasteiger charge is 2.41. The molecule has 11 heteroatoms. The molecular formula is C19H16Cl2N4O5. The van der Waals surface area contributed by atoms with Crippen molar-refractivity contribution in [3.8, 4) is 5.69 Å². The third-order valence-electron chi connectivity index (χ3n) is 4.93. The average molecular weight is 451 g/mol. The molecule has 9 nitrogen and oxygen atoms in total. The molecule has 0 spiro atoms. The van der Waals surface area contributed by atoms with Gasteiger partial charge in [0.1, 0.15) is 12.4 Å². The number of aromatic nitrogens is 3. The minimum absolute atomic E-state index is 0.252. The summed E-state index contributed by atoms with van der Waals surface area (Å²) in [6.45, 7) is -0.254. The molecule has 0 unspecified atom stereocenters. The van der Waals surface area contributed by atoms with Gasteiger partial charge in [0.15, 0.2) is 6.04 Å². The van der Waals surface area contributed by atoms with Gasteiger partial charge in [-0.2, -0.15) is 0 Å². The Hall–Kier alpha value is -2.88. The van der Waals surface area contributed by atoms with E-state index in [0.717, 1.165) is 5.39 Å². The third-order valence-corrected chi connectivity index (χ3v) is 5.72. The predicted molar refractivity (Wildman–Crippen MR) is 110 cm³/mol. The van der Waals surface area contributed by atoms with Gasteiger partial charge in [0.25, 0.3) is 0 Å². The number of carboxylic acids is 2. The lowest BCUT2D eigenvalue weighted by Gasteiger charge is -2.26. The summed E-state index contributed by atoms with van der Waals surface area (Å²) in [4.78, 5) is 33.1. The molecule has 0 aliphatic carbocycles. The molecule has 1 aromatic carbocycles. The van der Waals surface area contributed by atoms with Gasteiger partial charge >= 0.3 is 11.9 Å². The quantitative estimate of drug-likeness (QED) is 0.588. The summed E-state index contributed by atoms with van der Waals surface area (Å²) < 4.78 is 7.08. The molecule has 30 heavy (non-hydrogen) atoms. The van der Waals surface area contributed by atoms with E-state index >= 15 is 0 Å². The van der Waals surface area contributed by atoms with E-state index in [2.05, 4.69) is 9.97 Å². The number of ether oxygens (including phenoxy) is 1. The lowest BCUT2D eigenvalue weighted by atomic mass is 10.1. The number of benzene rings is 1. The highest BCUT2D eigenvalue weighted by molar-refractivity contribution is 6.45. The Morgan fingerprint density at radius 2 is 2.07 bits per heavy atom. The van der Waals surface area contributed by atoms with Crippen molar-refractivity contribution in [1.82, 2.24) is 14.5 Å². The van der Waals surface area contributed by atoms with Gasteiger partial charge in [-0.25, -0.2) is 19.6 Å². The molecule has 4 rings (SSSR count). The summed E-state index contributed by atoms with van der Waals surface area (Å²) in [5.41, 5.74) is 1.12. The van der Waals surface area contributed by atoms with Crippen molar-refractivity contribution >= 4 is 51.9 Å². The first-order valence-electron chi connectivity index (χ1n) is 8.96. The molecule has 156 valence electrons. The van der Waals surface area contributed by atoms with Crippen molar-refractivity contribution in [3.63, 3.8) is 0 Å². The van der Waals surface area contributed by atoms with Gasteiger partial charge in [-0.3, -0.25) is 0 Å². The fraction of sp³-hybridized carbons (Fsp3) is 0.263. The number of hydrogen-bond donors (Lipinski definition) is 2. The number of halogens is 2. The molecule has 3 heterocycles. The van der Waals surface area contributed by atoms with Crippen molar-refractivity contribution in [3.05, 3.63) is 47.0 Å². The first-order valence-corrected chi connectivity index (χ1v) is 9.72. The maximum Gasteiger partial charge on any atom is 0.329 e. The molecule has 0 bridgehead atoms. The molecule has 1 saturated heterocycles. The summed E-state index contributed by atoms with van der Waals surface area (Å²) in [5, 5.41) is 19.9. The molecule has 1 fully saturated rings. The van der Waals surface area contributed by atoms with E-state index < -0.39 is 30.7 Å². The van der Waals surface area contributed by atoms with Crippen molar-refractivity contribution < 1.29 is 24.5 Å². The normalized spacial score (nSPS) is 18.8. The maximum absolute atomic E-state index is 12.0. The smallest absolute Gasteiger partial charge is 0.329 e. The van der Waals surface area contributed by atoms with Gasteiger partial charge in [0.05, 0.1) is 33.7 Å². The molecule has 0 amide bonds. The number of hydrogen-bond acceptors (Lipinski definition) is 6. The van der Waals surface area contributed by atoms with Crippen LogP contribution in [0.15, 0.2) is 36.9 Å². The number of anilines is 1. The van der Waals surface area contributed by atoms with E-state index in [-0.39, 0.29) is 5.02 Å². The maximum atomic E-state index is 12.0. The van der Waals surface area contributed by atoms with Gasteiger partial charge < -0.3 is 24.4 Å². The van der Waals surface area contributed by atoms with Crippen LogP contribution in [0.25, 0.3) is 16.6 Å². The zero-order valence-corrected chi connectivity index (χ0v) is 16.9. The second kappa shape index (κ2) is 8.10. The Bertz CT molecular complexity index is 1120. The van der Waals surface area contributed by atoms with E-state index in [1.165, 1.54) is 0 Å². The van der Waals surface area contributed by atoms with Crippen LogP contribution >= 0.6 is 23.2 Å². The van der Waals surface area contributed by atoms with Gasteiger partial charge in [0.2, 0.25) is 0 Å². The van der Waals surface area contributed by atoms with E-state index in [1.807, 2.05) is 0 Å². The van der Waals surface area contributed by atoms with Crippen molar-refractivity contribution in [1.29, 1.82) is 0 Å². The van der Waals surface area contributed by atoms with Gasteiger partial charge in [0, 0.05) is 30.4 Å². The molecule has 2 N–H and O–H groups in total. The summed E-state index contributed by atoms with van der Waals surface area (Å²) >= 11 is 12.6. The number of rotatable bonds is 6. The Morgan fingerprint density at radius 3 is 2.73 bits per heavy atom. The number of imidazole rings is 1. The Labute approximate surface area is 180 Å². The van der Waals surface area contributed by atoms with E-state index in [4.69, 9.17) is 33.0 Å². The zero-order valence-electron chi connectivity index (χ0n) is 15.4. The van der Waals surface area contributed by atoms with Crippen LogP contribution < -0.4 is 4.90 Å². The topological polar surface area (TPSA) is 118 Å². The highest BCUT2D eigenvalue weighted by atomic mass is 35.5. The van der Waals surface area contributed by atoms with Crippen LogP contribution in [0.3, 0.4) is 0 Å². The Kier molecular flexibility index (Phi) is 5.50. The second-order valence-corrected chi connectivity index (χ2v) is 7.52. The summed E-state index contributed by atoms with van der Waals surface area (Å²) in [6, 6.07) is 4.10. The molecule has 1 aliphatic heterocycles. The lowest BCUT2D eigenvalue weighted by molar-refractivity contribution is -0.149. The lowest BCUT2D eigenvalue weighted by Crippen LogP contribution is -2.43. The van der Waals surface area contributed by atoms with Gasteiger partial charge in [-0.1, -0.05) is 23.2 Å². The summed E-state index contributed by atoms with van der Waals surface area (Å²) in [6.07, 6.45) is 4.53. The van der Waals surface area contributed by atoms with Crippen LogP contribution in [0.2, 0.25) is 10.0 Å². The minimum Gasteiger partial charge on any atom is -0.480 e. The molecule has 0 saturated carbocycles. The fourth-order valence-electron chi connectivity index (χ4n) is 3.63. The number of carboxylic acid groups (broad SMARTS) is 2. The van der Waals surface area contributed by atoms with Crippen molar-refractivity contribution in [2.75, 3.05) is 18.1 Å². The average Bonchev–Trinajstić information content (AvgIpc) is 3.38. The monoisotopic (exact) mass is 450 g/mol. The van der Waals surface area contributed by atoms with Crippen LogP contribution in [0.1, 0.15) is 6.42 Å². The molecule has 2 atom stereocenters. The van der Waals surface area contributed by atoms with Crippen LogP contribution in [0.4, 0.5) is 5.82 Å². The molecular weight excluding hydrogens is 435 g/mol. The van der Waals surface area contributed by atoms with Crippen LogP contribution in [-0.4, -0.2) is 62.0 Å². The van der Waals surface area contributed by atoms with Crippen LogP contribution in [0.5, 0.6) is 0 Å². The van der Waals surface area contributed by atoms with Crippen LogP contribution in [0, 0.1) is 0 Å². The van der Waals surface area contributed by atoms with Gasteiger partial charge in [-0.05, 0) is 18.6 Å². The number of pyridine rings is 1. The zero-order chi connectivity index (χ0) is 21.4. The Balaban J connectivity index is 1.83. The number of fused-ring (bicyclic) bond motifs is 1. The molecule has 0 radical (unpaired) electrons. The standard InChI is InChI=1S/C19H16Cl2N4O5/c20-11-2-1-10-12(24-6-4-22-9-24)7-14(23-17(10)16(11)21)25-5-3-13(18(25)19(28)29)30-8-15(26)27/h1-2,4,6-7,9,13,18H,3,5,8H2,(H,26,27)(H,28,29)/t13-,18+/m1/s1. The summed E-state index contributed by atoms with van der Waals surface area (Å²) in [5.74, 6) is -1.93. The molecule has 1 aliphatic rings. The minimum atomic E-state index is -1.16. The second-order valence-electron chi connectivity index (χ2n) is 6.74. The first kappa shape index (κ1) is 20.4.